The largest absolute Gasteiger partial charge is 0.302 e. The van der Waals surface area contributed by atoms with Crippen molar-refractivity contribution < 1.29 is 4.39 Å². The van der Waals surface area contributed by atoms with Crippen LogP contribution in [0, 0.1) is 5.82 Å². The second kappa shape index (κ2) is 3.49. The summed E-state index contributed by atoms with van der Waals surface area (Å²) in [6, 6.07) is 7.69. The van der Waals surface area contributed by atoms with Crippen molar-refractivity contribution in [2.24, 2.45) is 0 Å². The third kappa shape index (κ3) is 1.90. The van der Waals surface area contributed by atoms with Gasteiger partial charge in [-0.1, -0.05) is 12.1 Å². The molecule has 0 amide bonds. The number of hydrogen-bond donors (Lipinski definition) is 2. The molecule has 2 rings (SSSR count). The van der Waals surface area contributed by atoms with E-state index in [1.807, 2.05) is 0 Å². The lowest BCUT2D eigenvalue weighted by atomic mass is 10.1. The first kappa shape index (κ1) is 8.74. The lowest BCUT2D eigenvalue weighted by Gasteiger charge is -1.97. The molecule has 1 aromatic heterocycles. The van der Waals surface area contributed by atoms with Crippen LogP contribution < -0.4 is 5.56 Å². The molecule has 4 heteroatoms. The third-order valence-corrected chi connectivity index (χ3v) is 1.96. The van der Waals surface area contributed by atoms with Gasteiger partial charge in [-0.2, -0.15) is 0 Å². The van der Waals surface area contributed by atoms with E-state index in [4.69, 9.17) is 0 Å². The Bertz CT molecular complexity index is 469. The van der Waals surface area contributed by atoms with E-state index in [-0.39, 0.29) is 11.4 Å². The fourth-order valence-corrected chi connectivity index (χ4v) is 1.29. The fourth-order valence-electron chi connectivity index (χ4n) is 1.29. The van der Waals surface area contributed by atoms with Crippen molar-refractivity contribution in [2.45, 2.75) is 6.42 Å². The molecule has 1 heterocycles. The van der Waals surface area contributed by atoms with Gasteiger partial charge in [0.1, 0.15) is 5.82 Å². The van der Waals surface area contributed by atoms with E-state index in [2.05, 4.69) is 10.2 Å². The van der Waals surface area contributed by atoms with Gasteiger partial charge in [-0.3, -0.25) is 9.89 Å². The van der Waals surface area contributed by atoms with E-state index in [0.717, 1.165) is 11.3 Å². The molecule has 0 aliphatic heterocycles. The Kier molecular flexibility index (Phi) is 2.18. The maximum absolute atomic E-state index is 12.6. The monoisotopic (exact) mass is 192 g/mol. The highest BCUT2D eigenvalue weighted by Gasteiger charge is 1.98. The second-order valence-electron chi connectivity index (χ2n) is 3.09. The van der Waals surface area contributed by atoms with Crippen molar-refractivity contribution in [3.63, 3.8) is 0 Å². The Morgan fingerprint density at radius 3 is 2.43 bits per heavy atom. The Balaban J connectivity index is 2.19. The molecule has 14 heavy (non-hydrogen) atoms. The van der Waals surface area contributed by atoms with Gasteiger partial charge in [0.15, 0.2) is 0 Å². The van der Waals surface area contributed by atoms with Crippen molar-refractivity contribution >= 4 is 0 Å². The number of halogens is 1. The Morgan fingerprint density at radius 1 is 1.14 bits per heavy atom. The van der Waals surface area contributed by atoms with Crippen LogP contribution in [-0.4, -0.2) is 10.2 Å². The first-order valence-corrected chi connectivity index (χ1v) is 4.25. The number of benzene rings is 1. The zero-order valence-electron chi connectivity index (χ0n) is 7.38. The van der Waals surface area contributed by atoms with Gasteiger partial charge in [0.05, 0.1) is 0 Å². The molecule has 2 N–H and O–H groups in total. The average molecular weight is 192 g/mol. The summed E-state index contributed by atoms with van der Waals surface area (Å²) in [4.78, 5) is 10.8. The number of nitrogens with one attached hydrogen (secondary N) is 2. The molecule has 0 fully saturated rings. The molecule has 0 spiro atoms. The molecule has 0 radical (unpaired) electrons. The zero-order valence-corrected chi connectivity index (χ0v) is 7.38. The fraction of sp³-hybridized carbons (Fsp3) is 0.100. The number of H-pyrrole nitrogens is 2. The topological polar surface area (TPSA) is 48.6 Å². The summed E-state index contributed by atoms with van der Waals surface area (Å²) in [5, 5.41) is 5.18. The van der Waals surface area contributed by atoms with Crippen LogP contribution in [0.3, 0.4) is 0 Å². The molecule has 0 atom stereocenters. The molecule has 0 saturated heterocycles. The molecule has 0 aliphatic carbocycles. The molecular weight excluding hydrogens is 183 g/mol. The van der Waals surface area contributed by atoms with Gasteiger partial charge in [-0.15, -0.1) is 0 Å². The lowest BCUT2D eigenvalue weighted by Crippen LogP contribution is -1.93. The summed E-state index contributed by atoms with van der Waals surface area (Å²) in [7, 11) is 0. The van der Waals surface area contributed by atoms with Crippen molar-refractivity contribution in [1.82, 2.24) is 10.2 Å². The first-order chi connectivity index (χ1) is 6.74. The van der Waals surface area contributed by atoms with Gasteiger partial charge in [-0.25, -0.2) is 4.39 Å². The molecule has 0 bridgehead atoms. The summed E-state index contributed by atoms with van der Waals surface area (Å²) in [5.74, 6) is -0.253. The second-order valence-corrected chi connectivity index (χ2v) is 3.09. The highest BCUT2D eigenvalue weighted by molar-refractivity contribution is 5.21. The van der Waals surface area contributed by atoms with E-state index in [0.29, 0.717) is 6.42 Å². The van der Waals surface area contributed by atoms with E-state index in [9.17, 15) is 9.18 Å². The third-order valence-electron chi connectivity index (χ3n) is 1.96. The van der Waals surface area contributed by atoms with E-state index >= 15 is 0 Å². The first-order valence-electron chi connectivity index (χ1n) is 4.25. The smallest absolute Gasteiger partial charge is 0.264 e. The van der Waals surface area contributed by atoms with Gasteiger partial charge >= 0.3 is 0 Å². The van der Waals surface area contributed by atoms with Gasteiger partial charge in [0, 0.05) is 18.2 Å². The average Bonchev–Trinajstić information content (AvgIpc) is 2.56. The molecule has 72 valence electrons. The molecule has 0 aliphatic rings. The summed E-state index contributed by atoms with van der Waals surface area (Å²) >= 11 is 0. The highest BCUT2D eigenvalue weighted by atomic mass is 19.1. The minimum Gasteiger partial charge on any atom is -0.302 e. The highest BCUT2D eigenvalue weighted by Crippen LogP contribution is 2.06. The number of aromatic nitrogens is 2. The zero-order chi connectivity index (χ0) is 9.97. The predicted octanol–water partition coefficient (Wildman–Crippen LogP) is 1.43. The van der Waals surface area contributed by atoms with E-state index in [1.54, 1.807) is 12.1 Å². The maximum atomic E-state index is 12.6. The molecular formula is C10H9FN2O. The van der Waals surface area contributed by atoms with Gasteiger partial charge in [0.25, 0.3) is 5.56 Å². The Hall–Kier alpha value is -1.84. The van der Waals surface area contributed by atoms with Crippen LogP contribution in [0.15, 0.2) is 35.1 Å². The van der Waals surface area contributed by atoms with E-state index in [1.165, 1.54) is 18.2 Å². The van der Waals surface area contributed by atoms with Crippen molar-refractivity contribution in [3.8, 4) is 0 Å². The lowest BCUT2D eigenvalue weighted by molar-refractivity contribution is 0.627. The number of hydrogen-bond acceptors (Lipinski definition) is 1. The maximum Gasteiger partial charge on any atom is 0.264 e. The molecule has 3 nitrogen and oxygen atoms in total. The normalized spacial score (nSPS) is 10.4. The van der Waals surface area contributed by atoms with Crippen LogP contribution >= 0.6 is 0 Å². The summed E-state index contributed by atoms with van der Waals surface area (Å²) < 4.78 is 12.6. The Morgan fingerprint density at radius 2 is 1.86 bits per heavy atom. The molecule has 0 saturated carbocycles. The Labute approximate surface area is 79.6 Å². The predicted molar refractivity (Wildman–Crippen MR) is 50.6 cm³/mol. The van der Waals surface area contributed by atoms with Crippen LogP contribution in [0.1, 0.15) is 11.3 Å². The summed E-state index contributed by atoms with van der Waals surface area (Å²) in [6.45, 7) is 0. The van der Waals surface area contributed by atoms with E-state index < -0.39 is 0 Å². The van der Waals surface area contributed by atoms with Gasteiger partial charge < -0.3 is 5.10 Å². The van der Waals surface area contributed by atoms with Crippen LogP contribution in [0.5, 0.6) is 0 Å². The van der Waals surface area contributed by atoms with Crippen molar-refractivity contribution in [3.05, 3.63) is 57.8 Å². The number of rotatable bonds is 2. The molecule has 2 aromatic rings. The minimum atomic E-state index is -0.253. The van der Waals surface area contributed by atoms with Crippen molar-refractivity contribution in [2.75, 3.05) is 0 Å². The molecule has 0 unspecified atom stereocenters. The van der Waals surface area contributed by atoms with Crippen LogP contribution in [0.2, 0.25) is 0 Å². The number of aromatic amines is 2. The minimum absolute atomic E-state index is 0.151. The van der Waals surface area contributed by atoms with Gasteiger partial charge in [-0.05, 0) is 17.7 Å². The SMILES string of the molecule is O=c1cc(Cc2ccc(F)cc2)[nH][nH]1. The van der Waals surface area contributed by atoms with Crippen LogP contribution in [0.25, 0.3) is 0 Å². The quantitative estimate of drug-likeness (QED) is 0.743. The summed E-state index contributed by atoms with van der Waals surface area (Å²) in [5.41, 5.74) is 1.60. The van der Waals surface area contributed by atoms with Crippen LogP contribution in [-0.2, 0) is 6.42 Å². The molecule has 1 aromatic carbocycles. The standard InChI is InChI=1S/C10H9FN2O/c11-8-3-1-7(2-4-8)5-9-6-10(14)13-12-9/h1-4,6H,5H2,(H2,12,13,14). The van der Waals surface area contributed by atoms with Crippen molar-refractivity contribution in [1.29, 1.82) is 0 Å². The van der Waals surface area contributed by atoms with Gasteiger partial charge in [0.2, 0.25) is 0 Å². The summed E-state index contributed by atoms with van der Waals surface area (Å²) in [6.07, 6.45) is 0.596. The van der Waals surface area contributed by atoms with Crippen LogP contribution in [0.4, 0.5) is 4.39 Å².